The van der Waals surface area contributed by atoms with Gasteiger partial charge in [-0.2, -0.15) is 0 Å². The lowest BCUT2D eigenvalue weighted by Gasteiger charge is -2.29. The molecule has 2 rings (SSSR count). The van der Waals surface area contributed by atoms with Gasteiger partial charge in [0.2, 0.25) is 0 Å². The summed E-state index contributed by atoms with van der Waals surface area (Å²) in [6, 6.07) is 3.66. The topological polar surface area (TPSA) is 35.2 Å². The zero-order chi connectivity index (χ0) is 12.5. The van der Waals surface area contributed by atoms with E-state index in [0.29, 0.717) is 12.3 Å². The zero-order valence-electron chi connectivity index (χ0n) is 10.6. The van der Waals surface area contributed by atoms with E-state index in [0.717, 1.165) is 36.8 Å². The molecule has 0 unspecified atom stereocenters. The largest absolute Gasteiger partial charge is 0.494 e. The molecule has 1 aromatic carbocycles. The van der Waals surface area contributed by atoms with Crippen LogP contribution >= 0.6 is 0 Å². The number of nitrogens with two attached hydrogens (primary N) is 1. The highest BCUT2D eigenvalue weighted by Crippen LogP contribution is 2.43. The van der Waals surface area contributed by atoms with Crippen molar-refractivity contribution in [1.29, 1.82) is 0 Å². The van der Waals surface area contributed by atoms with Gasteiger partial charge < -0.3 is 10.5 Å². The van der Waals surface area contributed by atoms with Crippen molar-refractivity contribution in [2.24, 2.45) is 5.73 Å². The Morgan fingerprint density at radius 3 is 2.53 bits per heavy atom. The summed E-state index contributed by atoms with van der Waals surface area (Å²) < 4.78 is 19.5. The summed E-state index contributed by atoms with van der Waals surface area (Å²) in [5, 5.41) is 0. The van der Waals surface area contributed by atoms with E-state index < -0.39 is 0 Å². The highest BCUT2D eigenvalue weighted by Gasteiger charge is 2.37. The lowest BCUT2D eigenvalue weighted by atomic mass is 9.78. The van der Waals surface area contributed by atoms with Gasteiger partial charge in [-0.25, -0.2) is 4.39 Å². The quantitative estimate of drug-likeness (QED) is 0.877. The van der Waals surface area contributed by atoms with Gasteiger partial charge in [-0.15, -0.1) is 0 Å². The Bertz CT molecular complexity index is 411. The maximum Gasteiger partial charge on any atom is 0.168 e. The minimum absolute atomic E-state index is 0.177. The Morgan fingerprint density at radius 1 is 1.35 bits per heavy atom. The number of rotatable bonds is 3. The summed E-state index contributed by atoms with van der Waals surface area (Å²) in [6.07, 6.45) is 4.22. The molecule has 0 heterocycles. The summed E-state index contributed by atoms with van der Waals surface area (Å²) >= 11 is 0. The van der Waals surface area contributed by atoms with Crippen LogP contribution in [0.5, 0.6) is 5.75 Å². The first-order valence-corrected chi connectivity index (χ1v) is 6.17. The van der Waals surface area contributed by atoms with Crippen LogP contribution in [0.4, 0.5) is 4.39 Å². The molecule has 0 aromatic heterocycles. The van der Waals surface area contributed by atoms with E-state index in [-0.39, 0.29) is 11.2 Å². The lowest BCUT2D eigenvalue weighted by molar-refractivity contribution is 0.367. The number of ether oxygens (including phenoxy) is 1. The Morgan fingerprint density at radius 2 is 2.00 bits per heavy atom. The van der Waals surface area contributed by atoms with Crippen molar-refractivity contribution in [3.8, 4) is 5.75 Å². The third kappa shape index (κ3) is 2.04. The fourth-order valence-corrected chi connectivity index (χ4v) is 2.91. The normalized spacial score (nSPS) is 18.4. The van der Waals surface area contributed by atoms with Gasteiger partial charge in [-0.1, -0.05) is 18.9 Å². The Labute approximate surface area is 102 Å². The van der Waals surface area contributed by atoms with Crippen molar-refractivity contribution in [2.45, 2.75) is 38.0 Å². The summed E-state index contributed by atoms with van der Waals surface area (Å²) in [6.45, 7) is 2.47. The van der Waals surface area contributed by atoms with Gasteiger partial charge in [0.25, 0.3) is 0 Å². The summed E-state index contributed by atoms with van der Waals surface area (Å²) in [5.74, 6) is 0.102. The second-order valence-electron chi connectivity index (χ2n) is 5.02. The number of aryl methyl sites for hydroxylation is 1. The van der Waals surface area contributed by atoms with Gasteiger partial charge in [0.05, 0.1) is 7.11 Å². The average molecular weight is 237 g/mol. The van der Waals surface area contributed by atoms with E-state index in [1.165, 1.54) is 7.11 Å². The molecule has 0 bridgehead atoms. The number of halogens is 1. The average Bonchev–Trinajstić information content (AvgIpc) is 2.81. The monoisotopic (exact) mass is 237 g/mol. The molecule has 0 spiro atoms. The SMILES string of the molecule is COc1cc(C)cc(C2(CN)CCCC2)c1F. The van der Waals surface area contributed by atoms with E-state index in [1.54, 1.807) is 6.07 Å². The Hall–Kier alpha value is -1.09. The zero-order valence-corrected chi connectivity index (χ0v) is 10.6. The Balaban J connectivity index is 2.53. The van der Waals surface area contributed by atoms with Gasteiger partial charge in [0, 0.05) is 12.0 Å². The standard InChI is InChI=1S/C14H20FNO/c1-10-7-11(13(15)12(8-10)17-2)14(9-16)5-3-4-6-14/h7-8H,3-6,9,16H2,1-2H3. The molecule has 1 aromatic rings. The van der Waals surface area contributed by atoms with Crippen LogP contribution in [0, 0.1) is 12.7 Å². The fourth-order valence-electron chi connectivity index (χ4n) is 2.91. The summed E-state index contributed by atoms with van der Waals surface area (Å²) in [5.41, 5.74) is 7.50. The fraction of sp³-hybridized carbons (Fsp3) is 0.571. The molecule has 0 aliphatic heterocycles. The molecule has 2 N–H and O–H groups in total. The molecule has 0 radical (unpaired) electrons. The van der Waals surface area contributed by atoms with Crippen LogP contribution in [0.2, 0.25) is 0 Å². The van der Waals surface area contributed by atoms with Crippen LogP contribution in [-0.4, -0.2) is 13.7 Å². The first kappa shape index (κ1) is 12.4. The minimum Gasteiger partial charge on any atom is -0.494 e. The van der Waals surface area contributed by atoms with Crippen LogP contribution in [0.25, 0.3) is 0 Å². The van der Waals surface area contributed by atoms with E-state index in [1.807, 2.05) is 13.0 Å². The molecular formula is C14H20FNO. The second-order valence-corrected chi connectivity index (χ2v) is 5.02. The summed E-state index contributed by atoms with van der Waals surface area (Å²) in [7, 11) is 1.51. The first-order chi connectivity index (χ1) is 8.13. The van der Waals surface area contributed by atoms with Gasteiger partial charge in [0.1, 0.15) is 0 Å². The van der Waals surface area contributed by atoms with Crippen LogP contribution < -0.4 is 10.5 Å². The van der Waals surface area contributed by atoms with Crippen LogP contribution in [0.3, 0.4) is 0 Å². The number of hydrogen-bond acceptors (Lipinski definition) is 2. The molecule has 0 amide bonds. The number of hydrogen-bond donors (Lipinski definition) is 1. The first-order valence-electron chi connectivity index (χ1n) is 6.17. The maximum atomic E-state index is 14.4. The van der Waals surface area contributed by atoms with Crippen molar-refractivity contribution in [2.75, 3.05) is 13.7 Å². The third-order valence-corrected chi connectivity index (χ3v) is 3.93. The van der Waals surface area contributed by atoms with Crippen molar-refractivity contribution in [3.05, 3.63) is 29.1 Å². The van der Waals surface area contributed by atoms with Gasteiger partial charge in [-0.05, 0) is 37.0 Å². The molecule has 94 valence electrons. The van der Waals surface area contributed by atoms with Gasteiger partial charge in [0.15, 0.2) is 11.6 Å². The number of methoxy groups -OCH3 is 1. The van der Waals surface area contributed by atoms with Crippen LogP contribution in [-0.2, 0) is 5.41 Å². The molecule has 1 aliphatic carbocycles. The molecule has 1 fully saturated rings. The molecule has 17 heavy (non-hydrogen) atoms. The molecule has 1 aliphatic rings. The highest BCUT2D eigenvalue weighted by atomic mass is 19.1. The van der Waals surface area contributed by atoms with E-state index >= 15 is 0 Å². The molecular weight excluding hydrogens is 217 g/mol. The van der Waals surface area contributed by atoms with Crippen molar-refractivity contribution in [1.82, 2.24) is 0 Å². The lowest BCUT2D eigenvalue weighted by Crippen LogP contribution is -2.33. The summed E-state index contributed by atoms with van der Waals surface area (Å²) in [4.78, 5) is 0. The van der Waals surface area contributed by atoms with Crippen LogP contribution in [0.15, 0.2) is 12.1 Å². The molecule has 0 atom stereocenters. The number of benzene rings is 1. The van der Waals surface area contributed by atoms with Crippen LogP contribution in [0.1, 0.15) is 36.8 Å². The van der Waals surface area contributed by atoms with E-state index in [2.05, 4.69) is 0 Å². The second kappa shape index (κ2) is 4.65. The predicted molar refractivity (Wildman–Crippen MR) is 66.9 cm³/mol. The molecule has 1 saturated carbocycles. The highest BCUT2D eigenvalue weighted by molar-refractivity contribution is 5.41. The van der Waals surface area contributed by atoms with Crippen molar-refractivity contribution >= 4 is 0 Å². The minimum atomic E-state index is -0.231. The predicted octanol–water partition coefficient (Wildman–Crippen LogP) is 2.91. The van der Waals surface area contributed by atoms with Gasteiger partial charge >= 0.3 is 0 Å². The smallest absolute Gasteiger partial charge is 0.168 e. The third-order valence-electron chi connectivity index (χ3n) is 3.93. The molecule has 3 heteroatoms. The van der Waals surface area contributed by atoms with E-state index in [9.17, 15) is 4.39 Å². The van der Waals surface area contributed by atoms with Crippen molar-refractivity contribution < 1.29 is 9.13 Å². The molecule has 2 nitrogen and oxygen atoms in total. The Kier molecular flexibility index (Phi) is 3.38. The molecule has 0 saturated heterocycles. The maximum absolute atomic E-state index is 14.4. The van der Waals surface area contributed by atoms with Crippen molar-refractivity contribution in [3.63, 3.8) is 0 Å². The van der Waals surface area contributed by atoms with Gasteiger partial charge in [-0.3, -0.25) is 0 Å². The van der Waals surface area contributed by atoms with E-state index in [4.69, 9.17) is 10.5 Å².